The van der Waals surface area contributed by atoms with Crippen LogP contribution in [0, 0.1) is 0 Å². The fourth-order valence-electron chi connectivity index (χ4n) is 4.53. The van der Waals surface area contributed by atoms with Gasteiger partial charge in [-0.3, -0.25) is 4.79 Å². The summed E-state index contributed by atoms with van der Waals surface area (Å²) in [5.41, 5.74) is 3.61. The molecular weight excluding hydrogens is 458 g/mol. The van der Waals surface area contributed by atoms with Crippen LogP contribution in [-0.4, -0.2) is 91.2 Å². The van der Waals surface area contributed by atoms with Gasteiger partial charge in [0.1, 0.15) is 5.82 Å². The Hall–Kier alpha value is -3.24. The number of amides is 3. The van der Waals surface area contributed by atoms with Crippen molar-refractivity contribution in [3.63, 3.8) is 0 Å². The Balaban J connectivity index is 1.63. The minimum absolute atomic E-state index is 0.162. The molecular formula is C26H37N7O3. The Bertz CT molecular complexity index is 1070. The molecule has 36 heavy (non-hydrogen) atoms. The predicted molar refractivity (Wildman–Crippen MR) is 140 cm³/mol. The summed E-state index contributed by atoms with van der Waals surface area (Å²) in [7, 11) is 3.96. The smallest absolute Gasteiger partial charge is 0.319 e. The summed E-state index contributed by atoms with van der Waals surface area (Å²) in [5, 5.41) is 5.55. The summed E-state index contributed by atoms with van der Waals surface area (Å²) in [6, 6.07) is 7.51. The summed E-state index contributed by atoms with van der Waals surface area (Å²) >= 11 is 0. The number of nitrogens with one attached hydrogen (secondary N) is 2. The molecule has 4 rings (SSSR count). The first-order valence-corrected chi connectivity index (χ1v) is 12.7. The van der Waals surface area contributed by atoms with Gasteiger partial charge in [-0.25, -0.2) is 14.8 Å². The molecule has 0 spiro atoms. The number of ether oxygens (including phenoxy) is 1. The van der Waals surface area contributed by atoms with Crippen LogP contribution >= 0.6 is 0 Å². The molecule has 1 aromatic heterocycles. The van der Waals surface area contributed by atoms with Crippen molar-refractivity contribution >= 4 is 23.4 Å². The van der Waals surface area contributed by atoms with Crippen molar-refractivity contribution in [2.45, 2.75) is 39.3 Å². The molecule has 194 valence electrons. The van der Waals surface area contributed by atoms with Crippen LogP contribution in [0.5, 0.6) is 0 Å². The van der Waals surface area contributed by atoms with Crippen LogP contribution in [0.3, 0.4) is 0 Å². The monoisotopic (exact) mass is 495 g/mol. The summed E-state index contributed by atoms with van der Waals surface area (Å²) in [6.45, 7) is 8.52. The Labute approximate surface area is 213 Å². The summed E-state index contributed by atoms with van der Waals surface area (Å²) < 4.78 is 5.67. The second kappa shape index (κ2) is 11.7. The molecule has 2 aliphatic heterocycles. The van der Waals surface area contributed by atoms with Crippen molar-refractivity contribution in [2.24, 2.45) is 0 Å². The first-order valence-electron chi connectivity index (χ1n) is 12.7. The van der Waals surface area contributed by atoms with Gasteiger partial charge in [0.25, 0.3) is 0 Å². The molecule has 0 aliphatic carbocycles. The number of urea groups is 1. The third kappa shape index (κ3) is 6.11. The van der Waals surface area contributed by atoms with E-state index in [0.717, 1.165) is 35.7 Å². The zero-order valence-electron chi connectivity index (χ0n) is 21.7. The van der Waals surface area contributed by atoms with Gasteiger partial charge < -0.3 is 30.1 Å². The maximum absolute atomic E-state index is 12.9. The van der Waals surface area contributed by atoms with E-state index in [1.807, 2.05) is 55.1 Å². The zero-order valence-corrected chi connectivity index (χ0v) is 21.7. The molecule has 0 bridgehead atoms. The van der Waals surface area contributed by atoms with E-state index in [-0.39, 0.29) is 18.0 Å². The van der Waals surface area contributed by atoms with E-state index in [1.54, 1.807) is 0 Å². The van der Waals surface area contributed by atoms with E-state index >= 15 is 0 Å². The van der Waals surface area contributed by atoms with E-state index in [1.165, 1.54) is 0 Å². The van der Waals surface area contributed by atoms with Gasteiger partial charge >= 0.3 is 6.03 Å². The van der Waals surface area contributed by atoms with E-state index in [9.17, 15) is 9.59 Å². The highest BCUT2D eigenvalue weighted by atomic mass is 16.5. The van der Waals surface area contributed by atoms with Crippen LogP contribution < -0.4 is 15.5 Å². The Morgan fingerprint density at radius 1 is 1.17 bits per heavy atom. The molecule has 1 fully saturated rings. The van der Waals surface area contributed by atoms with Gasteiger partial charge in [0.2, 0.25) is 5.91 Å². The lowest BCUT2D eigenvalue weighted by Gasteiger charge is -2.38. The van der Waals surface area contributed by atoms with Gasteiger partial charge in [-0.2, -0.15) is 0 Å². The first-order chi connectivity index (χ1) is 17.4. The van der Waals surface area contributed by atoms with Gasteiger partial charge in [0, 0.05) is 55.8 Å². The number of anilines is 2. The SMILES string of the molecule is CCNC(=O)Nc1ccc(-c2nc3c(c(N4CCOCC4C)n2)CN(C(=O)CCN(C)C)CC3)cc1. The summed E-state index contributed by atoms with van der Waals surface area (Å²) in [6.07, 6.45) is 1.20. The molecule has 0 radical (unpaired) electrons. The Morgan fingerprint density at radius 3 is 2.64 bits per heavy atom. The molecule has 2 N–H and O–H groups in total. The van der Waals surface area contributed by atoms with Gasteiger partial charge in [0.15, 0.2) is 5.82 Å². The second-order valence-electron chi connectivity index (χ2n) is 9.59. The maximum Gasteiger partial charge on any atom is 0.319 e. The third-order valence-electron chi connectivity index (χ3n) is 6.54. The summed E-state index contributed by atoms with van der Waals surface area (Å²) in [4.78, 5) is 40.9. The van der Waals surface area contributed by atoms with Crippen LogP contribution in [0.2, 0.25) is 0 Å². The summed E-state index contributed by atoms with van der Waals surface area (Å²) in [5.74, 6) is 1.70. The number of hydrogen-bond donors (Lipinski definition) is 2. The van der Waals surface area contributed by atoms with Crippen LogP contribution in [0.1, 0.15) is 31.5 Å². The van der Waals surface area contributed by atoms with Crippen molar-refractivity contribution < 1.29 is 14.3 Å². The minimum atomic E-state index is -0.233. The molecule has 10 nitrogen and oxygen atoms in total. The number of benzene rings is 1. The predicted octanol–water partition coefficient (Wildman–Crippen LogP) is 2.35. The van der Waals surface area contributed by atoms with E-state index in [4.69, 9.17) is 14.7 Å². The maximum atomic E-state index is 12.9. The molecule has 2 aliphatic rings. The largest absolute Gasteiger partial charge is 0.377 e. The van der Waals surface area contributed by atoms with Crippen LogP contribution in [0.4, 0.5) is 16.3 Å². The Morgan fingerprint density at radius 2 is 1.94 bits per heavy atom. The lowest BCUT2D eigenvalue weighted by molar-refractivity contribution is -0.132. The van der Waals surface area contributed by atoms with Crippen molar-refractivity contribution in [2.75, 3.05) is 63.7 Å². The standard InChI is InChI=1S/C26H37N7O3/c1-5-27-26(35)28-20-8-6-19(7-9-20)24-29-22-10-13-32(23(34)11-12-31(3)4)16-21(22)25(30-24)33-14-15-36-17-18(33)2/h6-9,18H,5,10-17H2,1-4H3,(H2,27,28,35). The number of rotatable bonds is 7. The van der Waals surface area contributed by atoms with E-state index in [0.29, 0.717) is 57.2 Å². The normalized spacial score (nSPS) is 17.6. The zero-order chi connectivity index (χ0) is 25.7. The van der Waals surface area contributed by atoms with E-state index < -0.39 is 0 Å². The Kier molecular flexibility index (Phi) is 8.37. The number of hydrogen-bond acceptors (Lipinski definition) is 7. The van der Waals surface area contributed by atoms with Gasteiger partial charge in [0.05, 0.1) is 31.5 Å². The van der Waals surface area contributed by atoms with E-state index in [2.05, 4.69) is 22.5 Å². The number of nitrogens with zero attached hydrogens (tertiary/aromatic N) is 5. The molecule has 3 amide bonds. The number of fused-ring (bicyclic) bond motifs is 1. The highest BCUT2D eigenvalue weighted by Gasteiger charge is 2.30. The van der Waals surface area contributed by atoms with Crippen molar-refractivity contribution in [1.82, 2.24) is 25.1 Å². The highest BCUT2D eigenvalue weighted by molar-refractivity contribution is 5.89. The molecule has 1 unspecified atom stereocenters. The average Bonchev–Trinajstić information content (AvgIpc) is 2.87. The van der Waals surface area contributed by atoms with Crippen molar-refractivity contribution in [1.29, 1.82) is 0 Å². The van der Waals surface area contributed by atoms with Crippen molar-refractivity contribution in [3.05, 3.63) is 35.5 Å². The molecule has 10 heteroatoms. The minimum Gasteiger partial charge on any atom is -0.377 e. The lowest BCUT2D eigenvalue weighted by atomic mass is 10.0. The topological polar surface area (TPSA) is 103 Å². The average molecular weight is 496 g/mol. The molecule has 0 saturated carbocycles. The molecule has 1 atom stereocenters. The molecule has 3 heterocycles. The number of aromatic nitrogens is 2. The van der Waals surface area contributed by atoms with Gasteiger partial charge in [-0.05, 0) is 52.2 Å². The quantitative estimate of drug-likeness (QED) is 0.608. The fourth-order valence-corrected chi connectivity index (χ4v) is 4.53. The highest BCUT2D eigenvalue weighted by Crippen LogP contribution is 2.32. The third-order valence-corrected chi connectivity index (χ3v) is 6.54. The lowest BCUT2D eigenvalue weighted by Crippen LogP contribution is -2.46. The first kappa shape index (κ1) is 25.8. The van der Waals surface area contributed by atoms with Crippen molar-refractivity contribution in [3.8, 4) is 11.4 Å². The molecule has 1 saturated heterocycles. The molecule has 1 aromatic carbocycles. The second-order valence-corrected chi connectivity index (χ2v) is 9.59. The fraction of sp³-hybridized carbons (Fsp3) is 0.538. The number of carbonyl (C=O) groups is 2. The van der Waals surface area contributed by atoms with Gasteiger partial charge in [-0.15, -0.1) is 0 Å². The van der Waals surface area contributed by atoms with Gasteiger partial charge in [-0.1, -0.05) is 0 Å². The number of carbonyl (C=O) groups excluding carboxylic acids is 2. The van der Waals surface area contributed by atoms with Crippen LogP contribution in [0.25, 0.3) is 11.4 Å². The van der Waals surface area contributed by atoms with Crippen LogP contribution in [0.15, 0.2) is 24.3 Å². The number of morpholine rings is 1. The van der Waals surface area contributed by atoms with Crippen LogP contribution in [-0.2, 0) is 22.5 Å². The molecule has 2 aromatic rings.